The number of hydrogen-bond acceptors (Lipinski definition) is 4. The van der Waals surface area contributed by atoms with Crippen molar-refractivity contribution in [2.75, 3.05) is 26.2 Å². The van der Waals surface area contributed by atoms with Gasteiger partial charge in [0.25, 0.3) is 0 Å². The number of rotatable bonds is 4. The van der Waals surface area contributed by atoms with Gasteiger partial charge in [-0.15, -0.1) is 0 Å². The van der Waals surface area contributed by atoms with Crippen LogP contribution < -0.4 is 0 Å². The standard InChI is InChI=1S/C17H25N3O2/c1-12-6-16-17(7-13(12)2)20(11-18-16)10-15(21)9-19-4-5-22-14(3)8-19/h6-7,11,14-15,21H,4-5,8-10H2,1-3H3/t14-,15+/m1/s1. The Balaban J connectivity index is 1.68. The van der Waals surface area contributed by atoms with E-state index in [1.807, 2.05) is 6.33 Å². The van der Waals surface area contributed by atoms with E-state index in [9.17, 15) is 5.11 Å². The molecule has 0 spiro atoms. The molecule has 5 nitrogen and oxygen atoms in total. The summed E-state index contributed by atoms with van der Waals surface area (Å²) >= 11 is 0. The number of morpholine rings is 1. The summed E-state index contributed by atoms with van der Waals surface area (Å²) < 4.78 is 7.59. The Morgan fingerprint density at radius 2 is 2.09 bits per heavy atom. The SMILES string of the molecule is Cc1cc2ncn(C[C@@H](O)CN3CCO[C@H](C)C3)c2cc1C. The Kier molecular flexibility index (Phi) is 4.47. The van der Waals surface area contributed by atoms with E-state index in [2.05, 4.69) is 47.4 Å². The molecular weight excluding hydrogens is 278 g/mol. The molecule has 3 rings (SSSR count). The molecule has 2 heterocycles. The Morgan fingerprint density at radius 1 is 1.32 bits per heavy atom. The molecule has 120 valence electrons. The molecule has 2 aromatic rings. The van der Waals surface area contributed by atoms with Crippen LogP contribution >= 0.6 is 0 Å². The van der Waals surface area contributed by atoms with Crippen LogP contribution in [0.3, 0.4) is 0 Å². The second-order valence-electron chi connectivity index (χ2n) is 6.42. The summed E-state index contributed by atoms with van der Waals surface area (Å²) in [5.74, 6) is 0. The predicted molar refractivity (Wildman–Crippen MR) is 87.1 cm³/mol. The van der Waals surface area contributed by atoms with E-state index in [4.69, 9.17) is 4.74 Å². The lowest BCUT2D eigenvalue weighted by atomic mass is 10.1. The van der Waals surface area contributed by atoms with Crippen LogP contribution in [0.25, 0.3) is 11.0 Å². The molecule has 0 unspecified atom stereocenters. The summed E-state index contributed by atoms with van der Waals surface area (Å²) in [7, 11) is 0. The number of nitrogens with zero attached hydrogens (tertiary/aromatic N) is 3. The molecule has 1 aliphatic rings. The van der Waals surface area contributed by atoms with E-state index in [1.165, 1.54) is 11.1 Å². The zero-order valence-electron chi connectivity index (χ0n) is 13.6. The minimum atomic E-state index is -0.399. The average Bonchev–Trinajstić information content (AvgIpc) is 2.81. The van der Waals surface area contributed by atoms with Gasteiger partial charge in [-0.1, -0.05) is 0 Å². The van der Waals surface area contributed by atoms with Gasteiger partial charge in [0.15, 0.2) is 0 Å². The minimum Gasteiger partial charge on any atom is -0.390 e. The number of aliphatic hydroxyl groups excluding tert-OH is 1. The van der Waals surface area contributed by atoms with Gasteiger partial charge in [0, 0.05) is 19.6 Å². The zero-order chi connectivity index (χ0) is 15.7. The third-order valence-corrected chi connectivity index (χ3v) is 4.44. The largest absolute Gasteiger partial charge is 0.390 e. The normalized spacial score (nSPS) is 21.4. The monoisotopic (exact) mass is 303 g/mol. The van der Waals surface area contributed by atoms with Crippen molar-refractivity contribution in [3.8, 4) is 0 Å². The topological polar surface area (TPSA) is 50.5 Å². The highest BCUT2D eigenvalue weighted by Crippen LogP contribution is 2.19. The van der Waals surface area contributed by atoms with E-state index in [-0.39, 0.29) is 6.10 Å². The van der Waals surface area contributed by atoms with Crippen molar-refractivity contribution in [1.29, 1.82) is 0 Å². The van der Waals surface area contributed by atoms with Gasteiger partial charge >= 0.3 is 0 Å². The minimum absolute atomic E-state index is 0.251. The molecule has 1 aliphatic heterocycles. The number of hydrogen-bond donors (Lipinski definition) is 1. The van der Waals surface area contributed by atoms with Crippen molar-refractivity contribution in [2.45, 2.75) is 39.5 Å². The molecule has 2 atom stereocenters. The maximum Gasteiger partial charge on any atom is 0.0959 e. The molecule has 0 aliphatic carbocycles. The Bertz CT molecular complexity index is 653. The first-order chi connectivity index (χ1) is 10.5. The zero-order valence-corrected chi connectivity index (χ0v) is 13.6. The molecule has 22 heavy (non-hydrogen) atoms. The fourth-order valence-corrected chi connectivity index (χ4v) is 3.10. The molecular formula is C17H25N3O2. The van der Waals surface area contributed by atoms with Crippen molar-refractivity contribution in [2.24, 2.45) is 0 Å². The lowest BCUT2D eigenvalue weighted by Crippen LogP contribution is -2.45. The van der Waals surface area contributed by atoms with Crippen LogP contribution in [0, 0.1) is 13.8 Å². The molecule has 1 N–H and O–H groups in total. The van der Waals surface area contributed by atoms with Gasteiger partial charge in [0.05, 0.1) is 42.7 Å². The van der Waals surface area contributed by atoms with Crippen LogP contribution in [0.1, 0.15) is 18.1 Å². The average molecular weight is 303 g/mol. The molecule has 0 radical (unpaired) electrons. The number of aliphatic hydroxyl groups is 1. The molecule has 1 aromatic heterocycles. The maximum atomic E-state index is 10.4. The van der Waals surface area contributed by atoms with E-state index >= 15 is 0 Å². The van der Waals surface area contributed by atoms with Crippen LogP contribution in [-0.4, -0.2) is 58.0 Å². The van der Waals surface area contributed by atoms with Crippen molar-refractivity contribution in [1.82, 2.24) is 14.5 Å². The lowest BCUT2D eigenvalue weighted by molar-refractivity contribution is -0.0330. The summed E-state index contributed by atoms with van der Waals surface area (Å²) in [5.41, 5.74) is 4.60. The highest BCUT2D eigenvalue weighted by Gasteiger charge is 2.19. The third-order valence-electron chi connectivity index (χ3n) is 4.44. The first kappa shape index (κ1) is 15.5. The van der Waals surface area contributed by atoms with Gasteiger partial charge < -0.3 is 14.4 Å². The van der Waals surface area contributed by atoms with E-state index in [0.717, 1.165) is 30.7 Å². The van der Waals surface area contributed by atoms with Crippen molar-refractivity contribution >= 4 is 11.0 Å². The molecule has 0 amide bonds. The number of aryl methyl sites for hydroxylation is 2. The van der Waals surface area contributed by atoms with Crippen LogP contribution in [-0.2, 0) is 11.3 Å². The smallest absolute Gasteiger partial charge is 0.0959 e. The van der Waals surface area contributed by atoms with Crippen molar-refractivity contribution < 1.29 is 9.84 Å². The third kappa shape index (κ3) is 3.32. The summed E-state index contributed by atoms with van der Waals surface area (Å²) in [6, 6.07) is 4.26. The van der Waals surface area contributed by atoms with Gasteiger partial charge in [-0.3, -0.25) is 4.90 Å². The maximum absolute atomic E-state index is 10.4. The molecule has 5 heteroatoms. The van der Waals surface area contributed by atoms with Gasteiger partial charge in [0.1, 0.15) is 0 Å². The lowest BCUT2D eigenvalue weighted by Gasteiger charge is -2.32. The summed E-state index contributed by atoms with van der Waals surface area (Å²) in [6.45, 7) is 10.1. The second-order valence-corrected chi connectivity index (χ2v) is 6.42. The second kappa shape index (κ2) is 6.36. The number of β-amino-alcohol motifs (C(OH)–C–C–N with tert-alkyl or cyclic N) is 1. The van der Waals surface area contributed by atoms with Gasteiger partial charge in [-0.05, 0) is 44.0 Å². The summed E-state index contributed by atoms with van der Waals surface area (Å²) in [6.07, 6.45) is 1.68. The number of aromatic nitrogens is 2. The molecule has 0 saturated carbocycles. The fraction of sp³-hybridized carbons (Fsp3) is 0.588. The number of ether oxygens (including phenoxy) is 1. The highest BCUT2D eigenvalue weighted by molar-refractivity contribution is 5.77. The number of benzene rings is 1. The van der Waals surface area contributed by atoms with Crippen molar-refractivity contribution in [3.63, 3.8) is 0 Å². The van der Waals surface area contributed by atoms with Crippen LogP contribution in [0.5, 0.6) is 0 Å². The van der Waals surface area contributed by atoms with E-state index in [1.54, 1.807) is 0 Å². The summed E-state index contributed by atoms with van der Waals surface area (Å²) in [5, 5.41) is 10.4. The number of imidazole rings is 1. The van der Waals surface area contributed by atoms with Crippen LogP contribution in [0.2, 0.25) is 0 Å². The van der Waals surface area contributed by atoms with Crippen LogP contribution in [0.4, 0.5) is 0 Å². The van der Waals surface area contributed by atoms with Crippen LogP contribution in [0.15, 0.2) is 18.5 Å². The van der Waals surface area contributed by atoms with E-state index < -0.39 is 6.10 Å². The Hall–Kier alpha value is -1.43. The fourth-order valence-electron chi connectivity index (χ4n) is 3.10. The highest BCUT2D eigenvalue weighted by atomic mass is 16.5. The molecule has 1 aromatic carbocycles. The first-order valence-electron chi connectivity index (χ1n) is 7.97. The Labute approximate surface area is 131 Å². The van der Waals surface area contributed by atoms with E-state index in [0.29, 0.717) is 13.1 Å². The summed E-state index contributed by atoms with van der Waals surface area (Å²) in [4.78, 5) is 6.72. The van der Waals surface area contributed by atoms with Crippen molar-refractivity contribution in [3.05, 3.63) is 29.6 Å². The predicted octanol–water partition coefficient (Wildman–Crippen LogP) is 1.73. The Morgan fingerprint density at radius 3 is 2.86 bits per heavy atom. The van der Waals surface area contributed by atoms with Gasteiger partial charge in [-0.2, -0.15) is 0 Å². The molecule has 1 saturated heterocycles. The van der Waals surface area contributed by atoms with Gasteiger partial charge in [-0.25, -0.2) is 4.98 Å². The molecule has 1 fully saturated rings. The molecule has 0 bridgehead atoms. The quantitative estimate of drug-likeness (QED) is 0.934. The first-order valence-corrected chi connectivity index (χ1v) is 7.97. The number of fused-ring (bicyclic) bond motifs is 1. The van der Waals surface area contributed by atoms with Gasteiger partial charge in [0.2, 0.25) is 0 Å².